The van der Waals surface area contributed by atoms with Crippen molar-refractivity contribution in [1.29, 1.82) is 0 Å². The van der Waals surface area contributed by atoms with Gasteiger partial charge in [-0.1, -0.05) is 72.8 Å². The molecule has 2 aliphatic heterocycles. The summed E-state index contributed by atoms with van der Waals surface area (Å²) in [5.41, 5.74) is 6.94. The fraction of sp³-hybridized carbons (Fsp3) is 0.364. The van der Waals surface area contributed by atoms with Crippen molar-refractivity contribution in [2.75, 3.05) is 20.2 Å². The van der Waals surface area contributed by atoms with E-state index in [9.17, 15) is 14.4 Å². The highest BCUT2D eigenvalue weighted by molar-refractivity contribution is 5.85. The minimum atomic E-state index is -0.697. The number of carbonyl (C=O) groups is 3. The molecule has 3 N–H and O–H groups in total. The van der Waals surface area contributed by atoms with Gasteiger partial charge in [-0.25, -0.2) is 19.7 Å². The van der Waals surface area contributed by atoms with Gasteiger partial charge in [0.2, 0.25) is 11.8 Å². The molecule has 0 bridgehead atoms. The predicted molar refractivity (Wildman–Crippen MR) is 216 cm³/mol. The maximum atomic E-state index is 13.4. The lowest BCUT2D eigenvalue weighted by Crippen LogP contribution is -2.46. The van der Waals surface area contributed by atoms with Crippen LogP contribution in [0.3, 0.4) is 0 Å². The minimum Gasteiger partial charge on any atom is -0.453 e. The number of imidazole rings is 3. The highest BCUT2D eigenvalue weighted by Crippen LogP contribution is 2.34. The number of carbonyl (C=O) groups excluding carboxylic acids is 3. The first-order valence-electron chi connectivity index (χ1n) is 19.9. The number of nitrogens with zero attached hydrogens (tertiary/aromatic N) is 6. The number of aromatic amines is 2. The van der Waals surface area contributed by atoms with E-state index in [-0.39, 0.29) is 23.9 Å². The number of amides is 3. The number of likely N-dealkylation sites (tertiary alicyclic amines) is 2. The number of rotatable bonds is 12. The van der Waals surface area contributed by atoms with Crippen LogP contribution in [0.1, 0.15) is 74.9 Å². The molecule has 1 aliphatic carbocycles. The molecule has 0 spiro atoms. The van der Waals surface area contributed by atoms with Crippen molar-refractivity contribution in [2.45, 2.75) is 76.5 Å². The van der Waals surface area contributed by atoms with Crippen LogP contribution in [-0.2, 0) is 27.3 Å². The molecular formula is C44H49N9O4. The van der Waals surface area contributed by atoms with Gasteiger partial charge in [0.05, 0.1) is 55.0 Å². The van der Waals surface area contributed by atoms with Crippen molar-refractivity contribution < 1.29 is 19.1 Å². The number of allylic oxidation sites excluding steroid dienone is 4. The van der Waals surface area contributed by atoms with Crippen LogP contribution in [-0.4, -0.2) is 83.4 Å². The summed E-state index contributed by atoms with van der Waals surface area (Å²) in [5, 5.41) is 2.57. The van der Waals surface area contributed by atoms with Crippen molar-refractivity contribution in [3.63, 3.8) is 0 Å². The summed E-state index contributed by atoms with van der Waals surface area (Å²) < 4.78 is 6.79. The molecule has 3 amide bonds. The number of hydrogen-bond acceptors (Lipinski definition) is 7. The molecule has 3 aliphatic rings. The number of ether oxygens (including phenoxy) is 1. The summed E-state index contributed by atoms with van der Waals surface area (Å²) in [6.07, 6.45) is 21.2. The van der Waals surface area contributed by atoms with Crippen molar-refractivity contribution in [3.8, 4) is 33.6 Å². The third kappa shape index (κ3) is 8.47. The van der Waals surface area contributed by atoms with Gasteiger partial charge in [0, 0.05) is 32.3 Å². The fourth-order valence-corrected chi connectivity index (χ4v) is 8.25. The van der Waals surface area contributed by atoms with Crippen LogP contribution in [0.25, 0.3) is 33.6 Å². The SMILES string of the molecule is COC(=O)N[C@@H](C)C(=O)N1CCC[C@H]1c1ncc(-c2ccc(-c3ccc(-c4cnc([C@@H]5CCCN5C(=O)CCc5cn(CC6C=CC=CC6)cn5)[nH]4)cc3)cc2)[nH]1. The van der Waals surface area contributed by atoms with Gasteiger partial charge in [-0.3, -0.25) is 9.59 Å². The van der Waals surface area contributed by atoms with E-state index < -0.39 is 12.1 Å². The van der Waals surface area contributed by atoms with Crippen LogP contribution in [0, 0.1) is 5.92 Å². The molecule has 3 aromatic heterocycles. The van der Waals surface area contributed by atoms with Gasteiger partial charge in [0.25, 0.3) is 0 Å². The largest absolute Gasteiger partial charge is 0.453 e. The number of benzene rings is 2. The smallest absolute Gasteiger partial charge is 0.407 e. The molecule has 2 fully saturated rings. The second-order valence-electron chi connectivity index (χ2n) is 15.2. The zero-order chi connectivity index (χ0) is 39.3. The summed E-state index contributed by atoms with van der Waals surface area (Å²) in [7, 11) is 1.28. The molecule has 13 nitrogen and oxygen atoms in total. The number of methoxy groups -OCH3 is 1. The lowest BCUT2D eigenvalue weighted by atomic mass is 10.0. The molecule has 8 rings (SSSR count). The molecule has 5 aromatic rings. The number of aromatic nitrogens is 6. The molecule has 2 saturated heterocycles. The van der Waals surface area contributed by atoms with E-state index in [1.807, 2.05) is 17.4 Å². The summed E-state index contributed by atoms with van der Waals surface area (Å²) in [6.45, 7) is 3.90. The Morgan fingerprint density at radius 3 is 2.02 bits per heavy atom. The average molecular weight is 768 g/mol. The van der Waals surface area contributed by atoms with E-state index >= 15 is 0 Å². The Balaban J connectivity index is 0.859. The van der Waals surface area contributed by atoms with Crippen LogP contribution in [0.15, 0.2) is 97.8 Å². The zero-order valence-corrected chi connectivity index (χ0v) is 32.4. The van der Waals surface area contributed by atoms with Gasteiger partial charge in [-0.05, 0) is 73.6 Å². The average Bonchev–Trinajstić information content (AvgIpc) is 4.10. The lowest BCUT2D eigenvalue weighted by Gasteiger charge is -2.26. The second kappa shape index (κ2) is 16.9. The first kappa shape index (κ1) is 37.7. The molecular weight excluding hydrogens is 719 g/mol. The number of alkyl carbamates (subject to hydrolysis) is 1. The van der Waals surface area contributed by atoms with Gasteiger partial charge in [0.1, 0.15) is 17.7 Å². The number of aryl methyl sites for hydroxylation is 1. The molecule has 13 heteroatoms. The maximum absolute atomic E-state index is 13.4. The molecule has 1 unspecified atom stereocenters. The molecule has 5 heterocycles. The van der Waals surface area contributed by atoms with Crippen molar-refractivity contribution in [3.05, 3.63) is 115 Å². The lowest BCUT2D eigenvalue weighted by molar-refractivity contribution is -0.134. The first-order chi connectivity index (χ1) is 27.8. The molecule has 2 aromatic carbocycles. The van der Waals surface area contributed by atoms with Crippen LogP contribution in [0.5, 0.6) is 0 Å². The van der Waals surface area contributed by atoms with Gasteiger partial charge in [0.15, 0.2) is 0 Å². The Hall–Kier alpha value is -6.24. The van der Waals surface area contributed by atoms with E-state index in [0.717, 1.165) is 96.2 Å². The van der Waals surface area contributed by atoms with Crippen molar-refractivity contribution in [1.82, 2.24) is 44.6 Å². The maximum Gasteiger partial charge on any atom is 0.407 e. The highest BCUT2D eigenvalue weighted by Gasteiger charge is 2.35. The Kier molecular flexibility index (Phi) is 11.1. The Morgan fingerprint density at radius 2 is 1.42 bits per heavy atom. The number of H-pyrrole nitrogens is 2. The first-order valence-corrected chi connectivity index (χ1v) is 19.9. The van der Waals surface area contributed by atoms with Crippen LogP contribution in [0.4, 0.5) is 4.79 Å². The van der Waals surface area contributed by atoms with Gasteiger partial charge in [-0.2, -0.15) is 0 Å². The van der Waals surface area contributed by atoms with Gasteiger partial charge >= 0.3 is 6.09 Å². The monoisotopic (exact) mass is 767 g/mol. The quantitative estimate of drug-likeness (QED) is 0.122. The standard InChI is InChI=1S/C44H49N9O4/c1-29(48-44(56)57-2)43(55)53-23-7-11-39(53)42-46-25-37(50-42)34-18-14-32(15-19-34)31-12-16-33(17-13-31)36-24-45-41(49-36)38-10-6-22-52(38)40(54)21-20-35-27-51(28-47-35)26-30-8-4-3-5-9-30/h3-5,8,12-19,24-25,27-30,38-39H,6-7,9-11,20-23,26H2,1-2H3,(H,45,49)(H,46,50)(H,48,56)/t29-,30?,38-,39-/m0/s1. The Bertz CT molecular complexity index is 2250. The zero-order valence-electron chi connectivity index (χ0n) is 32.4. The van der Waals surface area contributed by atoms with Crippen molar-refractivity contribution >= 4 is 17.9 Å². The molecule has 294 valence electrons. The number of hydrogen-bond donors (Lipinski definition) is 3. The second-order valence-corrected chi connectivity index (χ2v) is 15.2. The molecule has 0 radical (unpaired) electrons. The van der Waals surface area contributed by atoms with Crippen LogP contribution < -0.4 is 5.32 Å². The predicted octanol–water partition coefficient (Wildman–Crippen LogP) is 7.17. The van der Waals surface area contributed by atoms with Crippen LogP contribution >= 0.6 is 0 Å². The van der Waals surface area contributed by atoms with Crippen LogP contribution in [0.2, 0.25) is 0 Å². The van der Waals surface area contributed by atoms with Gasteiger partial charge < -0.3 is 34.4 Å². The third-order valence-electron chi connectivity index (χ3n) is 11.3. The van der Waals surface area contributed by atoms with E-state index in [1.165, 1.54) is 7.11 Å². The third-order valence-corrected chi connectivity index (χ3v) is 11.3. The molecule has 4 atom stereocenters. The summed E-state index contributed by atoms with van der Waals surface area (Å²) in [6, 6.07) is 15.8. The fourth-order valence-electron chi connectivity index (χ4n) is 8.25. The van der Waals surface area contributed by atoms with E-state index in [0.29, 0.717) is 25.3 Å². The topological polar surface area (TPSA) is 154 Å². The molecule has 0 saturated carbocycles. The van der Waals surface area contributed by atoms with E-state index in [2.05, 4.69) is 114 Å². The van der Waals surface area contributed by atoms with Gasteiger partial charge in [-0.15, -0.1) is 0 Å². The summed E-state index contributed by atoms with van der Waals surface area (Å²) in [4.78, 5) is 62.9. The minimum absolute atomic E-state index is 0.0580. The van der Waals surface area contributed by atoms with E-state index in [1.54, 1.807) is 18.0 Å². The Labute approximate surface area is 332 Å². The van der Waals surface area contributed by atoms with Crippen molar-refractivity contribution in [2.24, 2.45) is 5.92 Å². The highest BCUT2D eigenvalue weighted by atomic mass is 16.5. The Morgan fingerprint density at radius 1 is 0.825 bits per heavy atom. The number of nitrogens with one attached hydrogen (secondary N) is 3. The summed E-state index contributed by atoms with van der Waals surface area (Å²) >= 11 is 0. The normalized spacial score (nSPS) is 19.6. The molecule has 57 heavy (non-hydrogen) atoms. The van der Waals surface area contributed by atoms with E-state index in [4.69, 9.17) is 4.98 Å². The summed E-state index contributed by atoms with van der Waals surface area (Å²) in [5.74, 6) is 2.02.